The topological polar surface area (TPSA) is 26.0 Å². The van der Waals surface area contributed by atoms with Crippen LogP contribution in [0.25, 0.3) is 44.3 Å². The minimum atomic E-state index is 0.461. The molecule has 0 aliphatic heterocycles. The summed E-state index contributed by atoms with van der Waals surface area (Å²) in [4.78, 5) is 4.63. The largest absolute Gasteiger partial charge is 0.455 e. The lowest BCUT2D eigenvalue weighted by molar-refractivity contribution is 0.670. The van der Waals surface area contributed by atoms with E-state index >= 15 is 0 Å². The molecule has 0 bridgehead atoms. The number of nitrogens with zero attached hydrogens (tertiary/aromatic N) is 1. The van der Waals surface area contributed by atoms with E-state index in [9.17, 15) is 0 Å². The average molecular weight is 489 g/mol. The average Bonchev–Trinajstić information content (AvgIpc) is 3.12. The molecule has 0 aliphatic rings. The van der Waals surface area contributed by atoms with Gasteiger partial charge in [0.15, 0.2) is 0 Å². The fraction of sp³-hybridized carbons (Fsp3) is 0.115. The Labute approximate surface area is 183 Å². The van der Waals surface area contributed by atoms with E-state index in [2.05, 4.69) is 114 Å². The monoisotopic (exact) mass is 489 g/mol. The summed E-state index contributed by atoms with van der Waals surface area (Å²) in [6.07, 6.45) is 1.89. The second-order valence-corrected chi connectivity index (χ2v) is 8.77. The number of para-hydroxylation sites is 1. The molecule has 3 heteroatoms. The summed E-state index contributed by atoms with van der Waals surface area (Å²) in [7, 11) is 0. The molecule has 0 amide bonds. The van der Waals surface area contributed by atoms with Gasteiger partial charge in [-0.25, -0.2) is 0 Å². The van der Waals surface area contributed by atoms with E-state index in [0.717, 1.165) is 33.2 Å². The van der Waals surface area contributed by atoms with E-state index < -0.39 is 0 Å². The third-order valence-electron chi connectivity index (χ3n) is 5.41. The lowest BCUT2D eigenvalue weighted by Gasteiger charge is -2.07. The molecule has 0 fully saturated rings. The molecule has 0 aliphatic carbocycles. The maximum Gasteiger partial charge on any atom is 0.144 e. The van der Waals surface area contributed by atoms with Gasteiger partial charge in [0.05, 0.1) is 5.69 Å². The standard InChI is InChI=1S/C26H20INO/c1-16(2)17-12-13-28-24(14-17)22-8-5-7-21-20-11-10-18(15-25(20)29-26(21)22)19-6-3-4-9-23(19)27/h3-16H,1-2H3. The second-order valence-electron chi connectivity index (χ2n) is 7.60. The van der Waals surface area contributed by atoms with E-state index in [1.165, 1.54) is 20.3 Å². The fourth-order valence-corrected chi connectivity index (χ4v) is 4.51. The molecule has 0 spiro atoms. The molecule has 0 saturated heterocycles. The third-order valence-corrected chi connectivity index (χ3v) is 6.35. The zero-order valence-corrected chi connectivity index (χ0v) is 18.5. The Bertz CT molecular complexity index is 1350. The van der Waals surface area contributed by atoms with Gasteiger partial charge in [-0.05, 0) is 81.6 Å². The van der Waals surface area contributed by atoms with Crippen LogP contribution in [0.3, 0.4) is 0 Å². The minimum Gasteiger partial charge on any atom is -0.455 e. The van der Waals surface area contributed by atoms with Crippen molar-refractivity contribution in [2.75, 3.05) is 0 Å². The highest BCUT2D eigenvalue weighted by atomic mass is 127. The predicted octanol–water partition coefficient (Wildman–Crippen LogP) is 8.04. The molecule has 0 unspecified atom stereocenters. The highest BCUT2D eigenvalue weighted by Crippen LogP contribution is 2.37. The molecule has 0 atom stereocenters. The SMILES string of the molecule is CC(C)c1ccnc(-c2cccc3c2oc2cc(-c4ccccc4I)ccc23)c1. The van der Waals surface area contributed by atoms with Crippen molar-refractivity contribution in [2.24, 2.45) is 0 Å². The molecule has 29 heavy (non-hydrogen) atoms. The second kappa shape index (κ2) is 7.30. The van der Waals surface area contributed by atoms with Gasteiger partial charge in [0, 0.05) is 26.1 Å². The lowest BCUT2D eigenvalue weighted by atomic mass is 10.00. The van der Waals surface area contributed by atoms with Crippen LogP contribution in [-0.4, -0.2) is 4.98 Å². The summed E-state index contributed by atoms with van der Waals surface area (Å²) in [5.74, 6) is 0.461. The number of fused-ring (bicyclic) bond motifs is 3. The van der Waals surface area contributed by atoms with Crippen molar-refractivity contribution >= 4 is 44.5 Å². The normalized spacial score (nSPS) is 11.6. The molecule has 142 valence electrons. The van der Waals surface area contributed by atoms with E-state index in [1.807, 2.05) is 6.20 Å². The predicted molar refractivity (Wildman–Crippen MR) is 129 cm³/mol. The van der Waals surface area contributed by atoms with Gasteiger partial charge in [-0.1, -0.05) is 50.2 Å². The summed E-state index contributed by atoms with van der Waals surface area (Å²) in [5, 5.41) is 2.26. The van der Waals surface area contributed by atoms with Crippen LogP contribution in [0.5, 0.6) is 0 Å². The van der Waals surface area contributed by atoms with E-state index in [1.54, 1.807) is 0 Å². The Morgan fingerprint density at radius 1 is 0.828 bits per heavy atom. The Balaban J connectivity index is 1.71. The van der Waals surface area contributed by atoms with Gasteiger partial charge in [-0.2, -0.15) is 0 Å². The van der Waals surface area contributed by atoms with Crippen LogP contribution < -0.4 is 0 Å². The van der Waals surface area contributed by atoms with Crippen molar-refractivity contribution in [1.82, 2.24) is 4.98 Å². The number of pyridine rings is 1. The van der Waals surface area contributed by atoms with Crippen molar-refractivity contribution in [3.63, 3.8) is 0 Å². The molecule has 0 saturated carbocycles. The first-order chi connectivity index (χ1) is 14.1. The number of hydrogen-bond donors (Lipinski definition) is 0. The summed E-state index contributed by atoms with van der Waals surface area (Å²) in [5.41, 5.74) is 7.48. The molecule has 5 aromatic rings. The highest BCUT2D eigenvalue weighted by molar-refractivity contribution is 14.1. The molecule has 5 rings (SSSR count). The Kier molecular flexibility index (Phi) is 4.63. The van der Waals surface area contributed by atoms with Gasteiger partial charge in [0.1, 0.15) is 11.2 Å². The van der Waals surface area contributed by atoms with E-state index in [0.29, 0.717) is 5.92 Å². The zero-order valence-electron chi connectivity index (χ0n) is 16.3. The number of benzene rings is 3. The maximum absolute atomic E-state index is 6.40. The van der Waals surface area contributed by atoms with Crippen LogP contribution in [0.1, 0.15) is 25.3 Å². The molecular weight excluding hydrogens is 469 g/mol. The molecule has 3 aromatic carbocycles. The van der Waals surface area contributed by atoms with E-state index in [-0.39, 0.29) is 0 Å². The van der Waals surface area contributed by atoms with Crippen LogP contribution in [0, 0.1) is 3.57 Å². The van der Waals surface area contributed by atoms with Crippen molar-refractivity contribution < 1.29 is 4.42 Å². The van der Waals surface area contributed by atoms with Crippen molar-refractivity contribution in [2.45, 2.75) is 19.8 Å². The summed E-state index contributed by atoms with van der Waals surface area (Å²) in [6, 6.07) is 25.5. The molecule has 2 aromatic heterocycles. The first kappa shape index (κ1) is 18.4. The fourth-order valence-electron chi connectivity index (χ4n) is 3.82. The van der Waals surface area contributed by atoms with Crippen molar-refractivity contribution in [3.8, 4) is 22.4 Å². The molecule has 2 heterocycles. The van der Waals surface area contributed by atoms with Gasteiger partial charge >= 0.3 is 0 Å². The minimum absolute atomic E-state index is 0.461. The Hall–Kier alpha value is -2.66. The van der Waals surface area contributed by atoms with E-state index in [4.69, 9.17) is 4.42 Å². The summed E-state index contributed by atoms with van der Waals surface area (Å²) in [6.45, 7) is 4.40. The van der Waals surface area contributed by atoms with Crippen LogP contribution in [-0.2, 0) is 0 Å². The number of furan rings is 1. The van der Waals surface area contributed by atoms with Gasteiger partial charge in [-0.3, -0.25) is 4.98 Å². The van der Waals surface area contributed by atoms with Gasteiger partial charge in [-0.15, -0.1) is 0 Å². The van der Waals surface area contributed by atoms with Crippen LogP contribution >= 0.6 is 22.6 Å². The first-order valence-electron chi connectivity index (χ1n) is 9.78. The number of hydrogen-bond acceptors (Lipinski definition) is 2. The van der Waals surface area contributed by atoms with Gasteiger partial charge < -0.3 is 4.42 Å². The molecule has 0 N–H and O–H groups in total. The van der Waals surface area contributed by atoms with Gasteiger partial charge in [0.2, 0.25) is 0 Å². The number of rotatable bonds is 3. The van der Waals surface area contributed by atoms with Gasteiger partial charge in [0.25, 0.3) is 0 Å². The molecule has 2 nitrogen and oxygen atoms in total. The quantitative estimate of drug-likeness (QED) is 0.240. The van der Waals surface area contributed by atoms with Crippen LogP contribution in [0.2, 0.25) is 0 Å². The lowest BCUT2D eigenvalue weighted by Crippen LogP contribution is -1.90. The molecule has 0 radical (unpaired) electrons. The number of aromatic nitrogens is 1. The Morgan fingerprint density at radius 2 is 1.66 bits per heavy atom. The molecular formula is C26H20INO. The van der Waals surface area contributed by atoms with Crippen molar-refractivity contribution in [1.29, 1.82) is 0 Å². The smallest absolute Gasteiger partial charge is 0.144 e. The zero-order chi connectivity index (χ0) is 20.0. The third kappa shape index (κ3) is 3.23. The number of halogens is 1. The Morgan fingerprint density at radius 3 is 2.48 bits per heavy atom. The highest BCUT2D eigenvalue weighted by Gasteiger charge is 2.15. The van der Waals surface area contributed by atoms with Crippen molar-refractivity contribution in [3.05, 3.63) is 88.1 Å². The summed E-state index contributed by atoms with van der Waals surface area (Å²) < 4.78 is 7.63. The summed E-state index contributed by atoms with van der Waals surface area (Å²) >= 11 is 2.38. The van der Waals surface area contributed by atoms with Crippen LogP contribution in [0.4, 0.5) is 0 Å². The first-order valence-corrected chi connectivity index (χ1v) is 10.9. The van der Waals surface area contributed by atoms with Crippen LogP contribution in [0.15, 0.2) is 83.4 Å². The maximum atomic E-state index is 6.40.